The number of carbonyl (C=O) groups is 1. The van der Waals surface area contributed by atoms with Crippen LogP contribution in [0, 0.1) is 0 Å². The second-order valence-corrected chi connectivity index (χ2v) is 10.2. The van der Waals surface area contributed by atoms with Crippen molar-refractivity contribution in [2.45, 2.75) is 26.5 Å². The number of hydrogen-bond donors (Lipinski definition) is 1. The van der Waals surface area contributed by atoms with E-state index in [2.05, 4.69) is 10.5 Å². The molecule has 0 aromatic heterocycles. The first kappa shape index (κ1) is 27.0. The molecule has 0 aliphatic carbocycles. The molecule has 1 amide bonds. The third kappa shape index (κ3) is 7.47. The number of nitrogens with one attached hydrogen (secondary N) is 1. The van der Waals surface area contributed by atoms with Gasteiger partial charge in [0.2, 0.25) is 10.0 Å². The van der Waals surface area contributed by atoms with Crippen molar-refractivity contribution in [2.75, 3.05) is 17.2 Å². The van der Waals surface area contributed by atoms with Crippen LogP contribution in [0.3, 0.4) is 0 Å². The van der Waals surface area contributed by atoms with Crippen molar-refractivity contribution < 1.29 is 22.7 Å². The van der Waals surface area contributed by atoms with E-state index in [1.54, 1.807) is 54.6 Å². The van der Waals surface area contributed by atoms with Crippen LogP contribution in [0.2, 0.25) is 5.02 Å². The fourth-order valence-electron chi connectivity index (χ4n) is 3.43. The van der Waals surface area contributed by atoms with E-state index in [4.69, 9.17) is 21.1 Å². The van der Waals surface area contributed by atoms with Crippen LogP contribution in [0.15, 0.2) is 77.9 Å². The second kappa shape index (κ2) is 12.4. The number of para-hydroxylation sites is 1. The maximum absolute atomic E-state index is 12.7. The molecule has 0 heterocycles. The summed E-state index contributed by atoms with van der Waals surface area (Å²) in [5.74, 6) is 0.501. The summed E-state index contributed by atoms with van der Waals surface area (Å²) in [6.45, 7) is 4.12. The number of nitrogens with zero attached hydrogens (tertiary/aromatic N) is 2. The molecule has 8 nitrogen and oxygen atoms in total. The Morgan fingerprint density at radius 2 is 1.81 bits per heavy atom. The Labute approximate surface area is 216 Å². The Balaban J connectivity index is 1.68. The number of benzene rings is 3. The van der Waals surface area contributed by atoms with Gasteiger partial charge in [-0.2, -0.15) is 5.10 Å². The van der Waals surface area contributed by atoms with Crippen LogP contribution in [0.25, 0.3) is 0 Å². The smallest absolute Gasteiger partial charge is 0.263 e. The molecule has 0 radical (unpaired) electrons. The molecule has 0 aliphatic rings. The zero-order valence-electron chi connectivity index (χ0n) is 20.2. The molecule has 0 bridgehead atoms. The molecule has 3 rings (SSSR count). The number of sulfonamides is 1. The summed E-state index contributed by atoms with van der Waals surface area (Å²) in [4.78, 5) is 12.7. The van der Waals surface area contributed by atoms with Gasteiger partial charge in [-0.25, -0.2) is 13.8 Å². The molecule has 190 valence electrons. The first-order valence-corrected chi connectivity index (χ1v) is 13.4. The number of hydrogen-bond acceptors (Lipinski definition) is 6. The van der Waals surface area contributed by atoms with Gasteiger partial charge in [0.15, 0.2) is 11.5 Å². The number of carbonyl (C=O) groups excluding carboxylic acids is 1. The minimum Gasteiger partial charge on any atom is -0.490 e. The fourth-order valence-corrected chi connectivity index (χ4v) is 4.82. The predicted molar refractivity (Wildman–Crippen MR) is 142 cm³/mol. The Morgan fingerprint density at radius 3 is 2.47 bits per heavy atom. The van der Waals surface area contributed by atoms with Crippen LogP contribution in [0.4, 0.5) is 5.69 Å². The molecule has 0 saturated carbocycles. The lowest BCUT2D eigenvalue weighted by Gasteiger charge is -2.27. The zero-order valence-corrected chi connectivity index (χ0v) is 21.8. The van der Waals surface area contributed by atoms with Crippen molar-refractivity contribution in [2.24, 2.45) is 5.10 Å². The average Bonchev–Trinajstić information content (AvgIpc) is 2.83. The summed E-state index contributed by atoms with van der Waals surface area (Å²) in [5, 5.41) is 4.63. The van der Waals surface area contributed by atoms with Crippen molar-refractivity contribution in [3.63, 3.8) is 0 Å². The summed E-state index contributed by atoms with van der Waals surface area (Å²) in [5.41, 5.74) is 4.38. The summed E-state index contributed by atoms with van der Waals surface area (Å²) in [6.07, 6.45) is 2.50. The summed E-state index contributed by atoms with van der Waals surface area (Å²) in [7, 11) is -3.70. The highest BCUT2D eigenvalue weighted by Gasteiger charge is 2.28. The van der Waals surface area contributed by atoms with E-state index in [-0.39, 0.29) is 0 Å². The van der Waals surface area contributed by atoms with E-state index in [1.165, 1.54) is 13.1 Å². The van der Waals surface area contributed by atoms with Gasteiger partial charge in [0.1, 0.15) is 12.6 Å². The van der Waals surface area contributed by atoms with Crippen LogP contribution in [0.5, 0.6) is 11.5 Å². The molecule has 3 aromatic carbocycles. The molecule has 0 spiro atoms. The Bertz CT molecular complexity index is 1320. The Hall–Kier alpha value is -3.56. The first-order chi connectivity index (χ1) is 17.2. The van der Waals surface area contributed by atoms with Crippen molar-refractivity contribution in [1.29, 1.82) is 0 Å². The van der Waals surface area contributed by atoms with E-state index < -0.39 is 22.0 Å². The number of ether oxygens (including phenoxy) is 2. The van der Waals surface area contributed by atoms with Crippen molar-refractivity contribution in [3.05, 3.63) is 88.9 Å². The van der Waals surface area contributed by atoms with Crippen LogP contribution in [-0.2, 0) is 21.4 Å². The highest BCUT2D eigenvalue weighted by atomic mass is 35.5. The molecule has 0 fully saturated rings. The number of anilines is 1. The normalized spacial score (nSPS) is 12.2. The lowest BCUT2D eigenvalue weighted by molar-refractivity contribution is -0.121. The van der Waals surface area contributed by atoms with Gasteiger partial charge in [0.25, 0.3) is 5.91 Å². The maximum atomic E-state index is 12.7. The highest BCUT2D eigenvalue weighted by Crippen LogP contribution is 2.29. The van der Waals surface area contributed by atoms with Gasteiger partial charge in [-0.3, -0.25) is 9.10 Å². The molecule has 0 saturated heterocycles. The van der Waals surface area contributed by atoms with Crippen molar-refractivity contribution >= 4 is 39.4 Å². The lowest BCUT2D eigenvalue weighted by Crippen LogP contribution is -2.46. The topological polar surface area (TPSA) is 97.3 Å². The molecule has 36 heavy (non-hydrogen) atoms. The number of rotatable bonds is 11. The Kier molecular flexibility index (Phi) is 9.32. The average molecular weight is 530 g/mol. The monoisotopic (exact) mass is 529 g/mol. The number of amides is 1. The van der Waals surface area contributed by atoms with Crippen molar-refractivity contribution in [3.8, 4) is 11.5 Å². The van der Waals surface area contributed by atoms with Gasteiger partial charge < -0.3 is 9.47 Å². The predicted octanol–water partition coefficient (Wildman–Crippen LogP) is 4.62. The molecule has 1 atom stereocenters. The van der Waals surface area contributed by atoms with E-state index in [0.717, 1.165) is 16.1 Å². The zero-order chi connectivity index (χ0) is 26.1. The molecular weight excluding hydrogens is 502 g/mol. The standard InChI is InChI=1S/C26H28ClN3O5S/c1-4-34-25-16-20(13-14-24(25)35-18-21-9-8-10-22(27)15-21)17-28-29-26(31)19(2)30(36(3,32)33)23-11-6-5-7-12-23/h5-17,19H,4,18H2,1-3H3,(H,29,31)/b28-17-/t19-/m1/s1. The minimum atomic E-state index is -3.70. The lowest BCUT2D eigenvalue weighted by atomic mass is 10.2. The highest BCUT2D eigenvalue weighted by molar-refractivity contribution is 7.92. The van der Waals surface area contributed by atoms with Gasteiger partial charge in [-0.15, -0.1) is 0 Å². The quantitative estimate of drug-likeness (QED) is 0.289. The summed E-state index contributed by atoms with van der Waals surface area (Å²) < 4.78 is 37.3. The van der Waals surface area contributed by atoms with Crippen molar-refractivity contribution in [1.82, 2.24) is 5.43 Å². The first-order valence-electron chi connectivity index (χ1n) is 11.2. The van der Waals surface area contributed by atoms with E-state index >= 15 is 0 Å². The van der Waals surface area contributed by atoms with Gasteiger partial charge in [-0.1, -0.05) is 41.9 Å². The van der Waals surface area contributed by atoms with Crippen LogP contribution >= 0.6 is 11.6 Å². The Morgan fingerprint density at radius 1 is 1.06 bits per heavy atom. The third-order valence-electron chi connectivity index (χ3n) is 5.04. The molecule has 10 heteroatoms. The molecule has 1 N–H and O–H groups in total. The second-order valence-electron chi connectivity index (χ2n) is 7.86. The number of hydrazone groups is 1. The SMILES string of the molecule is CCOc1cc(/C=N\NC(=O)[C@@H](C)N(c2ccccc2)S(C)(=O)=O)ccc1OCc1cccc(Cl)c1. The fraction of sp³-hybridized carbons (Fsp3) is 0.231. The van der Waals surface area contributed by atoms with Gasteiger partial charge in [-0.05, 0) is 67.4 Å². The van der Waals surface area contributed by atoms with Gasteiger partial charge >= 0.3 is 0 Å². The van der Waals surface area contributed by atoms with Gasteiger partial charge in [0.05, 0.1) is 24.8 Å². The summed E-state index contributed by atoms with van der Waals surface area (Å²) >= 11 is 6.03. The molecule has 0 unspecified atom stereocenters. The maximum Gasteiger partial charge on any atom is 0.263 e. The largest absolute Gasteiger partial charge is 0.490 e. The molecular formula is C26H28ClN3O5S. The third-order valence-corrected chi connectivity index (χ3v) is 6.52. The minimum absolute atomic E-state index is 0.320. The molecule has 3 aromatic rings. The summed E-state index contributed by atoms with van der Waals surface area (Å²) in [6, 6.07) is 20.1. The van der Waals surface area contributed by atoms with Crippen LogP contribution in [0.1, 0.15) is 25.0 Å². The van der Waals surface area contributed by atoms with E-state index in [9.17, 15) is 13.2 Å². The van der Waals surface area contributed by atoms with Crippen LogP contribution < -0.4 is 19.2 Å². The van der Waals surface area contributed by atoms with E-state index in [0.29, 0.717) is 41.0 Å². The van der Waals surface area contributed by atoms with Crippen LogP contribution in [-0.4, -0.2) is 39.4 Å². The van der Waals surface area contributed by atoms with E-state index in [1.807, 2.05) is 25.1 Å². The molecule has 0 aliphatic heterocycles. The number of halogens is 1. The van der Waals surface area contributed by atoms with Gasteiger partial charge in [0, 0.05) is 5.02 Å².